The summed E-state index contributed by atoms with van der Waals surface area (Å²) in [5.74, 6) is -1.02. The Morgan fingerprint density at radius 2 is 2.00 bits per heavy atom. The van der Waals surface area contributed by atoms with Gasteiger partial charge in [0.05, 0.1) is 11.4 Å². The smallest absolute Gasteiger partial charge is 0.286 e. The van der Waals surface area contributed by atoms with Crippen LogP contribution in [0.5, 0.6) is 0 Å². The molecule has 0 aliphatic carbocycles. The number of nitrogens with one attached hydrogen (secondary N) is 3. The minimum absolute atomic E-state index is 0.0420. The van der Waals surface area contributed by atoms with Gasteiger partial charge in [0.25, 0.3) is 21.8 Å². The van der Waals surface area contributed by atoms with Crippen LogP contribution >= 0.6 is 27.7 Å². The molecule has 0 spiro atoms. The number of sulfonamides is 1. The van der Waals surface area contributed by atoms with Crippen molar-refractivity contribution in [3.63, 3.8) is 0 Å². The lowest BCUT2D eigenvalue weighted by Gasteiger charge is -2.22. The number of amidine groups is 1. The molecule has 2 aliphatic heterocycles. The summed E-state index contributed by atoms with van der Waals surface area (Å²) in [4.78, 5) is 29.6. The van der Waals surface area contributed by atoms with Gasteiger partial charge < -0.3 is 9.88 Å². The Kier molecular flexibility index (Phi) is 4.48. The summed E-state index contributed by atoms with van der Waals surface area (Å²) in [6.45, 7) is 0.328. The molecule has 9 nitrogen and oxygen atoms in total. The number of anilines is 1. The summed E-state index contributed by atoms with van der Waals surface area (Å²) in [5, 5.41) is 0.388. The van der Waals surface area contributed by atoms with Gasteiger partial charge in [-0.1, -0.05) is 0 Å². The zero-order chi connectivity index (χ0) is 19.2. The van der Waals surface area contributed by atoms with Gasteiger partial charge in [0.2, 0.25) is 0 Å². The number of H-pyrrole nitrogens is 1. The van der Waals surface area contributed by atoms with E-state index in [2.05, 4.69) is 36.2 Å². The van der Waals surface area contributed by atoms with Gasteiger partial charge in [-0.15, -0.1) is 4.40 Å². The number of hydrogen-bond donors (Lipinski definition) is 3. The number of aromatic amines is 1. The lowest BCUT2D eigenvalue weighted by molar-refractivity contribution is 0.0844. The number of carbonyl (C=O) groups excluding carboxylic acids is 2. The molecule has 2 aromatic rings. The maximum Gasteiger partial charge on any atom is 0.286 e. The first kappa shape index (κ1) is 18.1. The molecule has 0 unspecified atom stereocenters. The summed E-state index contributed by atoms with van der Waals surface area (Å²) in [6, 6.07) is 6.57. The Hall–Kier alpha value is -2.31. The zero-order valence-electron chi connectivity index (χ0n) is 13.5. The Balaban J connectivity index is 1.47. The van der Waals surface area contributed by atoms with Crippen molar-refractivity contribution in [3.8, 4) is 0 Å². The van der Waals surface area contributed by atoms with Crippen LogP contribution in [0.15, 0.2) is 44.2 Å². The van der Waals surface area contributed by atoms with Crippen molar-refractivity contribution >= 4 is 60.4 Å². The Labute approximate surface area is 166 Å². The lowest BCUT2D eigenvalue weighted by Crippen LogP contribution is -2.41. The van der Waals surface area contributed by atoms with Crippen LogP contribution in [-0.4, -0.2) is 42.7 Å². The van der Waals surface area contributed by atoms with Crippen molar-refractivity contribution in [1.29, 1.82) is 0 Å². The van der Waals surface area contributed by atoms with E-state index in [0.29, 0.717) is 23.0 Å². The van der Waals surface area contributed by atoms with Crippen molar-refractivity contribution in [2.45, 2.75) is 4.90 Å². The van der Waals surface area contributed by atoms with Gasteiger partial charge in [0.15, 0.2) is 5.17 Å². The molecule has 1 aromatic carbocycles. The number of thioether (sulfide) groups is 1. The second-order valence-electron chi connectivity index (χ2n) is 5.74. The molecule has 27 heavy (non-hydrogen) atoms. The maximum atomic E-state index is 12.3. The SMILES string of the molecule is O=C(NNC(=O)c1cc(Br)c[nH]1)c1ccc2c(c1)SC1=NS(=O)(=O)CCN12. The summed E-state index contributed by atoms with van der Waals surface area (Å²) in [5.41, 5.74) is 6.11. The van der Waals surface area contributed by atoms with Gasteiger partial charge in [-0.2, -0.15) is 0 Å². The fourth-order valence-corrected chi connectivity index (χ4v) is 5.26. The molecule has 1 aromatic heterocycles. The average Bonchev–Trinajstić information content (AvgIpc) is 3.20. The number of halogens is 1. The number of rotatable bonds is 2. The van der Waals surface area contributed by atoms with Gasteiger partial charge in [-0.25, -0.2) is 8.42 Å². The normalized spacial score (nSPS) is 16.9. The molecular weight excluding hydrogens is 458 g/mol. The number of nitrogens with zero attached hydrogens (tertiary/aromatic N) is 2. The van der Waals surface area contributed by atoms with Crippen LogP contribution < -0.4 is 15.8 Å². The number of hydrazine groups is 1. The van der Waals surface area contributed by atoms with Crippen LogP contribution in [0.4, 0.5) is 5.69 Å². The Morgan fingerprint density at radius 1 is 1.22 bits per heavy atom. The summed E-state index contributed by atoms with van der Waals surface area (Å²) < 4.78 is 27.8. The third kappa shape index (κ3) is 3.59. The molecule has 0 fully saturated rings. The van der Waals surface area contributed by atoms with E-state index in [-0.39, 0.29) is 5.75 Å². The van der Waals surface area contributed by atoms with E-state index in [9.17, 15) is 18.0 Å². The highest BCUT2D eigenvalue weighted by molar-refractivity contribution is 9.10. The second kappa shape index (κ2) is 6.69. The minimum atomic E-state index is -3.43. The van der Waals surface area contributed by atoms with E-state index < -0.39 is 21.8 Å². The first-order chi connectivity index (χ1) is 12.8. The van der Waals surface area contributed by atoms with Gasteiger partial charge >= 0.3 is 0 Å². The molecule has 140 valence electrons. The fourth-order valence-electron chi connectivity index (χ4n) is 2.62. The molecule has 2 aliphatic rings. The van der Waals surface area contributed by atoms with Gasteiger partial charge in [0, 0.05) is 27.7 Å². The van der Waals surface area contributed by atoms with E-state index in [4.69, 9.17) is 0 Å². The average molecular weight is 470 g/mol. The maximum absolute atomic E-state index is 12.3. The molecule has 0 atom stereocenters. The van der Waals surface area contributed by atoms with E-state index in [1.165, 1.54) is 11.8 Å². The number of amides is 2. The van der Waals surface area contributed by atoms with Crippen molar-refractivity contribution in [1.82, 2.24) is 15.8 Å². The van der Waals surface area contributed by atoms with E-state index in [1.807, 2.05) is 4.90 Å². The Bertz CT molecular complexity index is 1100. The molecular formula is C15H12BrN5O4S2. The Morgan fingerprint density at radius 3 is 2.74 bits per heavy atom. The molecule has 3 heterocycles. The van der Waals surface area contributed by atoms with Gasteiger partial charge in [-0.05, 0) is 52.0 Å². The van der Waals surface area contributed by atoms with Crippen LogP contribution in [0, 0.1) is 0 Å². The highest BCUT2D eigenvalue weighted by Crippen LogP contribution is 2.42. The van der Waals surface area contributed by atoms with E-state index in [0.717, 1.165) is 15.1 Å². The number of benzene rings is 1. The number of hydrogen-bond acceptors (Lipinski definition) is 6. The van der Waals surface area contributed by atoms with Crippen molar-refractivity contribution in [2.24, 2.45) is 4.40 Å². The molecule has 4 rings (SSSR count). The van der Waals surface area contributed by atoms with Crippen LogP contribution in [0.1, 0.15) is 20.8 Å². The fraction of sp³-hybridized carbons (Fsp3) is 0.133. The largest absolute Gasteiger partial charge is 0.356 e. The third-order valence-corrected chi connectivity index (χ3v) is 6.68. The third-order valence-electron chi connectivity index (χ3n) is 3.92. The molecule has 12 heteroatoms. The van der Waals surface area contributed by atoms with Crippen molar-refractivity contribution in [2.75, 3.05) is 17.2 Å². The molecule has 0 saturated carbocycles. The number of aromatic nitrogens is 1. The molecule has 0 bridgehead atoms. The molecule has 2 amide bonds. The summed E-state index contributed by atoms with van der Waals surface area (Å²) in [7, 11) is -3.43. The highest BCUT2D eigenvalue weighted by Gasteiger charge is 2.33. The predicted molar refractivity (Wildman–Crippen MR) is 104 cm³/mol. The van der Waals surface area contributed by atoms with Crippen molar-refractivity contribution in [3.05, 3.63) is 46.2 Å². The molecule has 0 saturated heterocycles. The topological polar surface area (TPSA) is 124 Å². The van der Waals surface area contributed by atoms with Gasteiger partial charge in [0.1, 0.15) is 5.69 Å². The minimum Gasteiger partial charge on any atom is -0.356 e. The second-order valence-corrected chi connectivity index (χ2v) is 9.42. The van der Waals surface area contributed by atoms with Gasteiger partial charge in [-0.3, -0.25) is 20.4 Å². The first-order valence-electron chi connectivity index (χ1n) is 7.69. The van der Waals surface area contributed by atoms with Crippen LogP contribution in [0.25, 0.3) is 0 Å². The lowest BCUT2D eigenvalue weighted by atomic mass is 10.2. The van der Waals surface area contributed by atoms with Crippen LogP contribution in [0.2, 0.25) is 0 Å². The van der Waals surface area contributed by atoms with E-state index >= 15 is 0 Å². The van der Waals surface area contributed by atoms with E-state index in [1.54, 1.807) is 30.5 Å². The van der Waals surface area contributed by atoms with Crippen molar-refractivity contribution < 1.29 is 18.0 Å². The standard InChI is InChI=1S/C15H12BrN5O4S2/c16-9-6-10(17-7-9)14(23)19-18-13(22)8-1-2-11-12(5-8)26-15-20-27(24,25)4-3-21(11)15/h1-2,5-7,17H,3-4H2,(H,18,22)(H,19,23). The quantitative estimate of drug-likeness (QED) is 0.572. The summed E-state index contributed by atoms with van der Waals surface area (Å²) in [6.07, 6.45) is 1.60. The molecule has 0 radical (unpaired) electrons. The number of fused-ring (bicyclic) bond motifs is 3. The number of carbonyl (C=O) groups is 2. The monoisotopic (exact) mass is 469 g/mol. The summed E-state index contributed by atoms with van der Waals surface area (Å²) >= 11 is 4.42. The molecule has 3 N–H and O–H groups in total. The zero-order valence-corrected chi connectivity index (χ0v) is 16.7. The van der Waals surface area contributed by atoms with Crippen LogP contribution in [-0.2, 0) is 10.0 Å². The first-order valence-corrected chi connectivity index (χ1v) is 10.9. The predicted octanol–water partition coefficient (Wildman–Crippen LogP) is 1.46. The van der Waals surface area contributed by atoms with Crippen LogP contribution in [0.3, 0.4) is 0 Å². The highest BCUT2D eigenvalue weighted by atomic mass is 79.9.